The third-order valence-electron chi connectivity index (χ3n) is 6.20. The van der Waals surface area contributed by atoms with E-state index in [2.05, 4.69) is 22.9 Å². The maximum atomic E-state index is 13.0. The van der Waals surface area contributed by atoms with Crippen molar-refractivity contribution < 1.29 is 23.9 Å². The minimum absolute atomic E-state index is 0.0142. The van der Waals surface area contributed by atoms with Crippen LogP contribution in [0.1, 0.15) is 16.3 Å². The Morgan fingerprint density at radius 2 is 1.89 bits per heavy atom. The van der Waals surface area contributed by atoms with Crippen LogP contribution in [-0.4, -0.2) is 81.1 Å². The number of thioether (sulfide) groups is 1. The molecular formula is C24H24N4O5S3. The molecule has 9 nitrogen and oxygen atoms in total. The molecule has 1 N–H and O–H groups in total. The molecule has 1 aromatic carbocycles. The number of nitrogens with one attached hydrogen (secondary N) is 1. The second-order valence-corrected chi connectivity index (χ2v) is 10.9. The summed E-state index contributed by atoms with van der Waals surface area (Å²) in [4.78, 5) is 58.4. The molecule has 2 fully saturated rings. The second-order valence-electron chi connectivity index (χ2n) is 8.56. The number of morpholine rings is 1. The average Bonchev–Trinajstić information content (AvgIpc) is 3.35. The predicted molar refractivity (Wildman–Crippen MR) is 139 cm³/mol. The maximum absolute atomic E-state index is 13.0. The lowest BCUT2D eigenvalue weighted by Crippen LogP contribution is -2.70. The van der Waals surface area contributed by atoms with Crippen LogP contribution in [0.25, 0.3) is 5.57 Å². The molecule has 5 rings (SSSR count). The SMILES string of the molecule is O=C(Cc1ccccc1)N[C@@H]1C(=O)N2C(C(=O)S)=C(c3nc(CC(=O)N4CCOCC4)cs3)CS[C@H]12. The zero-order valence-corrected chi connectivity index (χ0v) is 21.7. The Labute approximate surface area is 221 Å². The van der Waals surface area contributed by atoms with Crippen molar-refractivity contribution in [2.75, 3.05) is 32.1 Å². The molecule has 3 aliphatic rings. The normalized spacial score (nSPS) is 21.6. The van der Waals surface area contributed by atoms with Crippen molar-refractivity contribution in [2.45, 2.75) is 24.3 Å². The topological polar surface area (TPSA) is 109 Å². The standard InChI is InChI=1S/C24H24N4O5S3/c29-17(10-14-4-2-1-3-5-14)26-19-22(31)28-20(24(32)34)16(13-36-23(19)28)21-25-15(12-35-21)11-18(30)27-6-8-33-9-7-27/h1-5,12,19,23H,6-11,13H2,(H,26,29)(H,32,34)/t19-,23-/m1/s1. The van der Waals surface area contributed by atoms with Crippen molar-refractivity contribution >= 4 is 64.1 Å². The van der Waals surface area contributed by atoms with Gasteiger partial charge in [-0.05, 0) is 5.56 Å². The highest BCUT2D eigenvalue weighted by atomic mass is 32.2. The number of hydrogen-bond acceptors (Lipinski definition) is 8. The van der Waals surface area contributed by atoms with Crippen LogP contribution >= 0.6 is 35.7 Å². The molecule has 2 saturated heterocycles. The summed E-state index contributed by atoms with van der Waals surface area (Å²) >= 11 is 6.84. The highest BCUT2D eigenvalue weighted by molar-refractivity contribution is 8.00. The smallest absolute Gasteiger partial charge is 0.253 e. The maximum Gasteiger partial charge on any atom is 0.253 e. The number of ether oxygens (including phenoxy) is 1. The van der Waals surface area contributed by atoms with E-state index in [9.17, 15) is 19.2 Å². The molecule has 0 aliphatic carbocycles. The Morgan fingerprint density at radius 1 is 1.14 bits per heavy atom. The Balaban J connectivity index is 1.28. The fraction of sp³-hybridized carbons (Fsp3) is 0.375. The van der Waals surface area contributed by atoms with Gasteiger partial charge in [-0.25, -0.2) is 4.98 Å². The molecule has 0 radical (unpaired) electrons. The number of carbonyl (C=O) groups excluding carboxylic acids is 4. The van der Waals surface area contributed by atoms with Gasteiger partial charge in [0.1, 0.15) is 22.1 Å². The van der Waals surface area contributed by atoms with E-state index in [1.54, 1.807) is 4.90 Å². The Hall–Kier alpha value is -2.67. The predicted octanol–water partition coefficient (Wildman–Crippen LogP) is 1.35. The molecular weight excluding hydrogens is 520 g/mol. The first-order valence-corrected chi connectivity index (χ1v) is 13.8. The fourth-order valence-corrected chi connectivity index (χ4v) is 6.94. The van der Waals surface area contributed by atoms with Gasteiger partial charge < -0.3 is 15.0 Å². The van der Waals surface area contributed by atoms with E-state index >= 15 is 0 Å². The van der Waals surface area contributed by atoms with E-state index in [0.717, 1.165) is 5.56 Å². The lowest BCUT2D eigenvalue weighted by Gasteiger charge is -2.49. The number of rotatable bonds is 7. The van der Waals surface area contributed by atoms with Gasteiger partial charge in [-0.15, -0.1) is 23.1 Å². The zero-order valence-electron chi connectivity index (χ0n) is 19.2. The minimum atomic E-state index is -0.701. The van der Waals surface area contributed by atoms with Crippen molar-refractivity contribution in [1.29, 1.82) is 0 Å². The van der Waals surface area contributed by atoms with Crippen molar-refractivity contribution in [2.24, 2.45) is 0 Å². The summed E-state index contributed by atoms with van der Waals surface area (Å²) in [5, 5.41) is 4.30. The number of amides is 3. The van der Waals surface area contributed by atoms with Crippen LogP contribution in [0.5, 0.6) is 0 Å². The Morgan fingerprint density at radius 3 is 2.61 bits per heavy atom. The van der Waals surface area contributed by atoms with E-state index < -0.39 is 11.2 Å². The lowest BCUT2D eigenvalue weighted by molar-refractivity contribution is -0.146. The number of thiol groups is 1. The summed E-state index contributed by atoms with van der Waals surface area (Å²) in [6.45, 7) is 2.20. The number of thiazole rings is 1. The number of aromatic nitrogens is 1. The van der Waals surface area contributed by atoms with E-state index in [4.69, 9.17) is 4.74 Å². The van der Waals surface area contributed by atoms with Gasteiger partial charge in [0.25, 0.3) is 5.91 Å². The van der Waals surface area contributed by atoms with Gasteiger partial charge in [0.05, 0.1) is 31.7 Å². The lowest BCUT2D eigenvalue weighted by atomic mass is 10.0. The number of carbonyl (C=O) groups is 4. The number of nitrogens with zero attached hydrogens (tertiary/aromatic N) is 3. The van der Waals surface area contributed by atoms with E-state index in [1.165, 1.54) is 28.0 Å². The molecule has 1 aromatic heterocycles. The first kappa shape index (κ1) is 25.0. The van der Waals surface area contributed by atoms with Crippen LogP contribution in [0, 0.1) is 0 Å². The number of benzene rings is 1. The third-order valence-corrected chi connectivity index (χ3v) is 8.64. The van der Waals surface area contributed by atoms with Gasteiger partial charge >= 0.3 is 0 Å². The van der Waals surface area contributed by atoms with Crippen molar-refractivity contribution in [1.82, 2.24) is 20.1 Å². The molecule has 3 aliphatic heterocycles. The molecule has 2 atom stereocenters. The number of β-lactam (4-membered cyclic amide) rings is 1. The van der Waals surface area contributed by atoms with Crippen LogP contribution in [0.4, 0.5) is 0 Å². The van der Waals surface area contributed by atoms with Crippen LogP contribution in [0.2, 0.25) is 0 Å². The molecule has 12 heteroatoms. The summed E-state index contributed by atoms with van der Waals surface area (Å²) in [6, 6.07) is 8.60. The quantitative estimate of drug-likeness (QED) is 0.400. The summed E-state index contributed by atoms with van der Waals surface area (Å²) in [5.74, 6) is -0.170. The van der Waals surface area contributed by atoms with Crippen LogP contribution in [0.3, 0.4) is 0 Å². The van der Waals surface area contributed by atoms with Crippen molar-refractivity contribution in [3.8, 4) is 0 Å². The second kappa shape index (κ2) is 10.8. The van der Waals surface area contributed by atoms with Crippen molar-refractivity contribution in [3.05, 3.63) is 57.7 Å². The third kappa shape index (κ3) is 5.08. The summed E-state index contributed by atoms with van der Waals surface area (Å²) in [7, 11) is 0. The Bertz CT molecular complexity index is 1230. The average molecular weight is 545 g/mol. The Kier molecular flexibility index (Phi) is 7.47. The molecule has 0 bridgehead atoms. The molecule has 2 aromatic rings. The first-order chi connectivity index (χ1) is 17.4. The van der Waals surface area contributed by atoms with Gasteiger partial charge in [-0.3, -0.25) is 24.1 Å². The molecule has 4 heterocycles. The summed E-state index contributed by atoms with van der Waals surface area (Å²) in [6.07, 6.45) is 0.342. The van der Waals surface area contributed by atoms with Crippen LogP contribution in [0.15, 0.2) is 41.4 Å². The zero-order chi connectivity index (χ0) is 25.2. The summed E-state index contributed by atoms with van der Waals surface area (Å²) in [5.41, 5.74) is 2.29. The molecule has 36 heavy (non-hydrogen) atoms. The molecule has 0 unspecified atom stereocenters. The summed E-state index contributed by atoms with van der Waals surface area (Å²) < 4.78 is 5.30. The molecule has 0 saturated carbocycles. The van der Waals surface area contributed by atoms with Crippen molar-refractivity contribution in [3.63, 3.8) is 0 Å². The van der Waals surface area contributed by atoms with E-state index in [1.807, 2.05) is 35.7 Å². The minimum Gasteiger partial charge on any atom is -0.378 e. The van der Waals surface area contributed by atoms with Crippen LogP contribution < -0.4 is 5.32 Å². The molecule has 0 spiro atoms. The van der Waals surface area contributed by atoms with Gasteiger partial charge in [0.2, 0.25) is 16.9 Å². The first-order valence-electron chi connectivity index (χ1n) is 11.5. The number of hydrogen-bond donors (Lipinski definition) is 2. The van der Waals surface area contributed by atoms with Crippen LogP contribution in [-0.2, 0) is 36.8 Å². The highest BCUT2D eigenvalue weighted by Crippen LogP contribution is 2.44. The molecule has 3 amide bonds. The highest BCUT2D eigenvalue weighted by Gasteiger charge is 2.54. The fourth-order valence-electron chi connectivity index (χ4n) is 4.39. The number of fused-ring (bicyclic) bond motifs is 1. The largest absolute Gasteiger partial charge is 0.378 e. The van der Waals surface area contributed by atoms with E-state index in [0.29, 0.717) is 48.3 Å². The van der Waals surface area contributed by atoms with Gasteiger partial charge in [0, 0.05) is 29.8 Å². The van der Waals surface area contributed by atoms with Gasteiger partial charge in [-0.1, -0.05) is 43.0 Å². The van der Waals surface area contributed by atoms with Gasteiger partial charge in [0.15, 0.2) is 0 Å². The monoisotopic (exact) mass is 544 g/mol. The van der Waals surface area contributed by atoms with Gasteiger partial charge in [-0.2, -0.15) is 0 Å². The van der Waals surface area contributed by atoms with E-state index in [-0.39, 0.29) is 41.6 Å². The molecule has 188 valence electrons.